The Balaban J connectivity index is 1.90. The van der Waals surface area contributed by atoms with Crippen molar-refractivity contribution in [3.05, 3.63) is 70.7 Å². The van der Waals surface area contributed by atoms with Gasteiger partial charge in [-0.05, 0) is 23.3 Å². The van der Waals surface area contributed by atoms with Gasteiger partial charge in [0.25, 0.3) is 0 Å². The Kier molecular flexibility index (Phi) is 5.56. The molecule has 0 radical (unpaired) electrons. The van der Waals surface area contributed by atoms with Gasteiger partial charge in [0, 0.05) is 30.6 Å². The molecule has 0 aromatic heterocycles. The second-order valence-electron chi connectivity index (χ2n) is 7.94. The molecule has 0 unspecified atom stereocenters. The maximum absolute atomic E-state index is 13.4. The number of fused-ring (bicyclic) bond motifs is 2. The molecule has 158 valence electrons. The first-order chi connectivity index (χ1) is 14.9. The number of carbonyl (C=O) groups is 2. The van der Waals surface area contributed by atoms with Crippen LogP contribution in [0.15, 0.2) is 54.6 Å². The third-order valence-electron chi connectivity index (χ3n) is 6.17. The Hall–Kier alpha value is -2.79. The zero-order valence-electron chi connectivity index (χ0n) is 16.8. The summed E-state index contributed by atoms with van der Waals surface area (Å²) in [6.45, 7) is 0.829. The first-order valence-corrected chi connectivity index (χ1v) is 10.5. The van der Waals surface area contributed by atoms with Gasteiger partial charge < -0.3 is 10.1 Å². The van der Waals surface area contributed by atoms with Crippen molar-refractivity contribution >= 4 is 40.7 Å². The molecule has 31 heavy (non-hydrogen) atoms. The molecule has 8 heteroatoms. The molecule has 0 spiro atoms. The van der Waals surface area contributed by atoms with E-state index in [2.05, 4.69) is 11.4 Å². The molecule has 2 heterocycles. The normalized spacial score (nSPS) is 27.8. The molecule has 2 aromatic carbocycles. The summed E-state index contributed by atoms with van der Waals surface area (Å²) >= 11 is 11.6. The number of hydrogen-bond acceptors (Lipinski definition) is 6. The van der Waals surface area contributed by atoms with Gasteiger partial charge in [0.1, 0.15) is 10.4 Å². The fourth-order valence-electron chi connectivity index (χ4n) is 4.88. The summed E-state index contributed by atoms with van der Waals surface area (Å²) in [5, 5.41) is 13.6. The molecule has 0 aliphatic carbocycles. The van der Waals surface area contributed by atoms with E-state index in [0.717, 1.165) is 5.56 Å². The van der Waals surface area contributed by atoms with Crippen LogP contribution in [0.5, 0.6) is 0 Å². The number of benzene rings is 2. The lowest BCUT2D eigenvalue weighted by atomic mass is 9.54. The predicted octanol–water partition coefficient (Wildman–Crippen LogP) is 3.07. The first kappa shape index (κ1) is 21.4. The lowest BCUT2D eigenvalue weighted by Gasteiger charge is -2.56. The van der Waals surface area contributed by atoms with Gasteiger partial charge in [0.05, 0.1) is 13.2 Å². The summed E-state index contributed by atoms with van der Waals surface area (Å²) in [5.74, 6) is -2.04. The molecule has 2 aliphatic heterocycles. The fourth-order valence-corrected chi connectivity index (χ4v) is 5.33. The van der Waals surface area contributed by atoms with Crippen LogP contribution in [0.3, 0.4) is 0 Å². The Labute approximate surface area is 190 Å². The first-order valence-electron chi connectivity index (χ1n) is 9.74. The van der Waals surface area contributed by atoms with Gasteiger partial charge in [-0.1, -0.05) is 66.3 Å². The Morgan fingerprint density at radius 3 is 2.55 bits per heavy atom. The molecular weight excluding hydrogens is 434 g/mol. The molecule has 2 fully saturated rings. The zero-order valence-corrected chi connectivity index (χ0v) is 18.4. The van der Waals surface area contributed by atoms with Crippen LogP contribution in [0.1, 0.15) is 17.0 Å². The molecule has 3 atom stereocenters. The predicted molar refractivity (Wildman–Crippen MR) is 119 cm³/mol. The summed E-state index contributed by atoms with van der Waals surface area (Å²) in [6, 6.07) is 18.9. The molecule has 1 amide bonds. The van der Waals surface area contributed by atoms with Crippen molar-refractivity contribution in [3.8, 4) is 6.07 Å². The molecule has 4 rings (SSSR count). The van der Waals surface area contributed by atoms with E-state index in [0.29, 0.717) is 17.1 Å². The summed E-state index contributed by atoms with van der Waals surface area (Å²) in [5.41, 5.74) is -1.27. The lowest BCUT2D eigenvalue weighted by Crippen LogP contribution is -2.73. The minimum Gasteiger partial charge on any atom is -0.468 e. The van der Waals surface area contributed by atoms with Crippen LogP contribution in [0.4, 0.5) is 0 Å². The number of hydrogen-bond donors (Lipinski definition) is 1. The Bertz CT molecular complexity index is 1090. The van der Waals surface area contributed by atoms with Crippen molar-refractivity contribution < 1.29 is 14.3 Å². The number of methoxy groups -OCH3 is 1. The average molecular weight is 454 g/mol. The number of halogens is 1. The fraction of sp³-hybridized carbons (Fsp3) is 0.304. The quantitative estimate of drug-likeness (QED) is 0.435. The van der Waals surface area contributed by atoms with Crippen molar-refractivity contribution in [1.82, 2.24) is 10.2 Å². The van der Waals surface area contributed by atoms with Crippen molar-refractivity contribution in [2.24, 2.45) is 10.8 Å². The number of nitrogens with zero attached hydrogens (tertiary/aromatic N) is 2. The SMILES string of the molecule is COC(=O)[C@]12CN(Cc3ccccc3)C[C@](C#N)(C(=S)NC1=O)[C@@H]2c1ccc(Cl)cc1. The van der Waals surface area contributed by atoms with Crippen molar-refractivity contribution in [2.75, 3.05) is 20.2 Å². The van der Waals surface area contributed by atoms with Crippen LogP contribution >= 0.6 is 23.8 Å². The van der Waals surface area contributed by atoms with Crippen LogP contribution < -0.4 is 5.32 Å². The van der Waals surface area contributed by atoms with Crippen molar-refractivity contribution in [1.29, 1.82) is 5.26 Å². The van der Waals surface area contributed by atoms with E-state index in [9.17, 15) is 14.9 Å². The molecule has 2 aromatic rings. The van der Waals surface area contributed by atoms with Gasteiger partial charge in [0.15, 0.2) is 5.41 Å². The molecule has 0 saturated carbocycles. The van der Waals surface area contributed by atoms with Gasteiger partial charge in [-0.3, -0.25) is 14.5 Å². The van der Waals surface area contributed by atoms with Crippen LogP contribution in [0, 0.1) is 22.2 Å². The summed E-state index contributed by atoms with van der Waals surface area (Å²) in [7, 11) is 1.25. The second kappa shape index (κ2) is 8.04. The van der Waals surface area contributed by atoms with Gasteiger partial charge in [0.2, 0.25) is 5.91 Å². The zero-order chi connectivity index (χ0) is 22.2. The largest absolute Gasteiger partial charge is 0.468 e. The minimum absolute atomic E-state index is 0.0970. The molecule has 2 saturated heterocycles. The smallest absolute Gasteiger partial charge is 0.323 e. The van der Waals surface area contributed by atoms with Gasteiger partial charge >= 0.3 is 5.97 Å². The second-order valence-corrected chi connectivity index (χ2v) is 8.79. The van der Waals surface area contributed by atoms with E-state index < -0.39 is 28.6 Å². The maximum atomic E-state index is 13.4. The standard InChI is InChI=1S/C23H20ClN3O3S/c1-30-21(29)23-14-27(11-15-5-3-2-4-6-15)13-22(12-25,20(31)26-19(23)28)18(23)16-7-9-17(24)10-8-16/h2-10,18H,11,13-14H2,1H3,(H,26,28,31)/t18-,22-,23-/m0/s1. The Morgan fingerprint density at radius 2 is 1.94 bits per heavy atom. The van der Waals surface area contributed by atoms with E-state index in [1.807, 2.05) is 35.2 Å². The van der Waals surface area contributed by atoms with E-state index in [1.54, 1.807) is 24.3 Å². The van der Waals surface area contributed by atoms with Gasteiger partial charge in [-0.2, -0.15) is 5.26 Å². The number of carbonyl (C=O) groups excluding carboxylic acids is 2. The lowest BCUT2D eigenvalue weighted by molar-refractivity contribution is -0.169. The van der Waals surface area contributed by atoms with E-state index in [-0.39, 0.29) is 18.1 Å². The number of nitrogens with one attached hydrogen (secondary N) is 1. The molecule has 1 N–H and O–H groups in total. The summed E-state index contributed by atoms with van der Waals surface area (Å²) < 4.78 is 5.13. The van der Waals surface area contributed by atoms with Crippen molar-refractivity contribution in [3.63, 3.8) is 0 Å². The molecule has 6 nitrogen and oxygen atoms in total. The number of ether oxygens (including phenoxy) is 1. The third-order valence-corrected chi connectivity index (χ3v) is 6.89. The van der Waals surface area contributed by atoms with E-state index in [1.165, 1.54) is 7.11 Å². The average Bonchev–Trinajstić information content (AvgIpc) is 2.78. The number of esters is 1. The maximum Gasteiger partial charge on any atom is 0.323 e. The van der Waals surface area contributed by atoms with Crippen molar-refractivity contribution in [2.45, 2.75) is 12.5 Å². The van der Waals surface area contributed by atoms with Crippen LogP contribution in [-0.2, 0) is 20.9 Å². The molecule has 2 bridgehead atoms. The monoisotopic (exact) mass is 453 g/mol. The highest BCUT2D eigenvalue weighted by Gasteiger charge is 2.69. The summed E-state index contributed by atoms with van der Waals surface area (Å²) in [4.78, 5) is 28.7. The van der Waals surface area contributed by atoms with E-state index >= 15 is 0 Å². The number of piperidine rings is 2. The van der Waals surface area contributed by atoms with Gasteiger partial charge in [-0.25, -0.2) is 0 Å². The topological polar surface area (TPSA) is 82.4 Å². The van der Waals surface area contributed by atoms with Crippen LogP contribution in [0.25, 0.3) is 0 Å². The highest BCUT2D eigenvalue weighted by atomic mass is 35.5. The minimum atomic E-state index is -1.63. The van der Waals surface area contributed by atoms with Gasteiger partial charge in [-0.15, -0.1) is 0 Å². The number of thiocarbonyl (C=S) groups is 1. The van der Waals surface area contributed by atoms with Crippen LogP contribution in [-0.4, -0.2) is 42.0 Å². The highest BCUT2D eigenvalue weighted by molar-refractivity contribution is 7.80. The Morgan fingerprint density at radius 1 is 1.26 bits per heavy atom. The van der Waals surface area contributed by atoms with Crippen LogP contribution in [0.2, 0.25) is 5.02 Å². The number of amides is 1. The highest BCUT2D eigenvalue weighted by Crippen LogP contribution is 2.56. The number of rotatable bonds is 4. The summed E-state index contributed by atoms with van der Waals surface area (Å²) in [6.07, 6.45) is 0. The molecule has 2 aliphatic rings. The number of likely N-dealkylation sites (tertiary alicyclic amines) is 1. The third kappa shape index (κ3) is 3.32. The number of nitriles is 1. The molecular formula is C23H20ClN3O3S. The van der Waals surface area contributed by atoms with E-state index in [4.69, 9.17) is 28.6 Å².